The van der Waals surface area contributed by atoms with Crippen molar-refractivity contribution in [3.8, 4) is 0 Å². The summed E-state index contributed by atoms with van der Waals surface area (Å²) >= 11 is 4.85. The van der Waals surface area contributed by atoms with Gasteiger partial charge in [-0.2, -0.15) is 0 Å². The third-order valence-electron chi connectivity index (χ3n) is 4.06. The van der Waals surface area contributed by atoms with Crippen LogP contribution in [0.3, 0.4) is 0 Å². The molecule has 0 spiro atoms. The van der Waals surface area contributed by atoms with Crippen LogP contribution < -0.4 is 11.1 Å². The minimum Gasteiger partial charge on any atom is -0.389 e. The lowest BCUT2D eigenvalue weighted by Gasteiger charge is -2.19. The van der Waals surface area contributed by atoms with Gasteiger partial charge < -0.3 is 15.8 Å². The fraction of sp³-hybridized carbons (Fsp3) is 0.467. The quantitative estimate of drug-likeness (QED) is 0.842. The number of anilines is 1. The number of carbonyl (C=O) groups is 1. The van der Waals surface area contributed by atoms with E-state index in [2.05, 4.69) is 5.32 Å². The minimum absolute atomic E-state index is 0.0123. The Labute approximate surface area is 128 Å². The highest BCUT2D eigenvalue weighted by molar-refractivity contribution is 7.80. The standard InChI is InChI=1S/C15H19FN2O2S/c1-7-8(2)20-9(3)12(7)15(19)18-11-6-4-5-10(16)13(11)14(17)21/h4-9,12H,1-3H3,(H2,17,21)(H,18,19). The van der Waals surface area contributed by atoms with Gasteiger partial charge in [-0.1, -0.05) is 25.2 Å². The van der Waals surface area contributed by atoms with E-state index in [1.165, 1.54) is 12.1 Å². The molecule has 0 radical (unpaired) electrons. The number of halogens is 1. The summed E-state index contributed by atoms with van der Waals surface area (Å²) in [7, 11) is 0. The summed E-state index contributed by atoms with van der Waals surface area (Å²) in [5, 5.41) is 2.73. The Kier molecular flexibility index (Phi) is 4.58. The molecular weight excluding hydrogens is 291 g/mol. The summed E-state index contributed by atoms with van der Waals surface area (Å²) in [5.74, 6) is -0.954. The molecule has 1 aliphatic heterocycles. The van der Waals surface area contributed by atoms with E-state index in [9.17, 15) is 9.18 Å². The number of rotatable bonds is 3. The molecular formula is C15H19FN2O2S. The summed E-state index contributed by atoms with van der Waals surface area (Å²) in [4.78, 5) is 12.4. The molecule has 4 nitrogen and oxygen atoms in total. The van der Waals surface area contributed by atoms with Gasteiger partial charge in [0.15, 0.2) is 0 Å². The monoisotopic (exact) mass is 310 g/mol. The van der Waals surface area contributed by atoms with E-state index in [0.717, 1.165) is 0 Å². The van der Waals surface area contributed by atoms with Crippen LogP contribution in [0.1, 0.15) is 26.3 Å². The second kappa shape index (κ2) is 6.07. The van der Waals surface area contributed by atoms with Gasteiger partial charge in [-0.15, -0.1) is 0 Å². The molecule has 0 saturated carbocycles. The van der Waals surface area contributed by atoms with Crippen molar-refractivity contribution in [3.63, 3.8) is 0 Å². The van der Waals surface area contributed by atoms with Crippen molar-refractivity contribution in [2.75, 3.05) is 5.32 Å². The summed E-state index contributed by atoms with van der Waals surface area (Å²) in [6.45, 7) is 5.78. The number of thiocarbonyl (C=S) groups is 1. The molecule has 1 saturated heterocycles. The van der Waals surface area contributed by atoms with E-state index in [0.29, 0.717) is 5.69 Å². The molecule has 3 N–H and O–H groups in total. The fourth-order valence-electron chi connectivity index (χ4n) is 2.81. The van der Waals surface area contributed by atoms with Crippen LogP contribution in [-0.2, 0) is 9.53 Å². The number of ether oxygens (including phenoxy) is 1. The highest BCUT2D eigenvalue weighted by Gasteiger charge is 2.41. The Bertz CT molecular complexity index is 579. The van der Waals surface area contributed by atoms with E-state index < -0.39 is 5.82 Å². The minimum atomic E-state index is -0.544. The van der Waals surface area contributed by atoms with Crippen molar-refractivity contribution in [1.82, 2.24) is 0 Å². The number of nitrogens with one attached hydrogen (secondary N) is 1. The number of benzene rings is 1. The lowest BCUT2D eigenvalue weighted by molar-refractivity contribution is -0.121. The number of hydrogen-bond acceptors (Lipinski definition) is 3. The van der Waals surface area contributed by atoms with Crippen molar-refractivity contribution in [2.24, 2.45) is 17.6 Å². The number of carbonyl (C=O) groups excluding carboxylic acids is 1. The Morgan fingerprint density at radius 3 is 2.52 bits per heavy atom. The van der Waals surface area contributed by atoms with Gasteiger partial charge in [0, 0.05) is 0 Å². The van der Waals surface area contributed by atoms with Gasteiger partial charge in [-0.3, -0.25) is 4.79 Å². The number of amides is 1. The summed E-state index contributed by atoms with van der Waals surface area (Å²) < 4.78 is 19.5. The molecule has 0 aromatic heterocycles. The molecule has 1 aromatic rings. The zero-order valence-corrected chi connectivity index (χ0v) is 13.0. The molecule has 0 aliphatic carbocycles. The number of nitrogens with two attached hydrogens (primary N) is 1. The van der Waals surface area contributed by atoms with Gasteiger partial charge in [0.2, 0.25) is 5.91 Å². The Morgan fingerprint density at radius 1 is 1.33 bits per heavy atom. The topological polar surface area (TPSA) is 64.3 Å². The number of hydrogen-bond donors (Lipinski definition) is 2. The zero-order chi connectivity index (χ0) is 15.7. The highest BCUT2D eigenvalue weighted by Crippen LogP contribution is 2.33. The molecule has 2 rings (SSSR count). The van der Waals surface area contributed by atoms with E-state index in [1.807, 2.05) is 20.8 Å². The van der Waals surface area contributed by atoms with E-state index in [-0.39, 0.29) is 40.5 Å². The normalized spacial score (nSPS) is 28.4. The van der Waals surface area contributed by atoms with Gasteiger partial charge >= 0.3 is 0 Å². The van der Waals surface area contributed by atoms with E-state index in [4.69, 9.17) is 22.7 Å². The van der Waals surface area contributed by atoms with Gasteiger partial charge in [-0.05, 0) is 31.9 Å². The Balaban J connectivity index is 2.25. The first-order chi connectivity index (χ1) is 9.82. The summed E-state index contributed by atoms with van der Waals surface area (Å²) in [6.07, 6.45) is -0.171. The van der Waals surface area contributed by atoms with E-state index >= 15 is 0 Å². The largest absolute Gasteiger partial charge is 0.389 e. The second-order valence-electron chi connectivity index (χ2n) is 5.45. The van der Waals surface area contributed by atoms with Gasteiger partial charge in [0.25, 0.3) is 0 Å². The first-order valence-corrected chi connectivity index (χ1v) is 7.28. The van der Waals surface area contributed by atoms with Crippen LogP contribution in [0.4, 0.5) is 10.1 Å². The summed E-state index contributed by atoms with van der Waals surface area (Å²) in [5.41, 5.74) is 5.90. The average molecular weight is 310 g/mol. The maximum absolute atomic E-state index is 13.8. The fourth-order valence-corrected chi connectivity index (χ4v) is 3.02. The molecule has 1 aliphatic rings. The predicted octanol–water partition coefficient (Wildman–Crippen LogP) is 2.46. The van der Waals surface area contributed by atoms with Crippen LogP contribution in [0.2, 0.25) is 0 Å². The molecule has 0 bridgehead atoms. The summed E-state index contributed by atoms with van der Waals surface area (Å²) in [6, 6.07) is 4.35. The zero-order valence-electron chi connectivity index (χ0n) is 12.2. The molecule has 4 unspecified atom stereocenters. The molecule has 114 valence electrons. The van der Waals surface area contributed by atoms with Gasteiger partial charge in [0.1, 0.15) is 10.8 Å². The third kappa shape index (κ3) is 3.06. The molecule has 1 fully saturated rings. The van der Waals surface area contributed by atoms with Crippen LogP contribution in [0.5, 0.6) is 0 Å². The van der Waals surface area contributed by atoms with Crippen molar-refractivity contribution in [1.29, 1.82) is 0 Å². The SMILES string of the molecule is CC1OC(C)C(C(=O)Nc2cccc(F)c2C(N)=S)C1C. The van der Waals surface area contributed by atoms with Crippen molar-refractivity contribution >= 4 is 28.8 Å². The van der Waals surface area contributed by atoms with Crippen LogP contribution in [-0.4, -0.2) is 23.1 Å². The molecule has 21 heavy (non-hydrogen) atoms. The third-order valence-corrected chi connectivity index (χ3v) is 4.27. The lowest BCUT2D eigenvalue weighted by atomic mass is 9.88. The van der Waals surface area contributed by atoms with Gasteiger partial charge in [-0.25, -0.2) is 4.39 Å². The van der Waals surface area contributed by atoms with Crippen molar-refractivity contribution in [3.05, 3.63) is 29.6 Å². The molecule has 4 atom stereocenters. The Hall–Kier alpha value is -1.53. The smallest absolute Gasteiger partial charge is 0.230 e. The van der Waals surface area contributed by atoms with Crippen molar-refractivity contribution in [2.45, 2.75) is 33.0 Å². The molecule has 1 amide bonds. The Morgan fingerprint density at radius 2 is 2.00 bits per heavy atom. The maximum atomic E-state index is 13.8. The van der Waals surface area contributed by atoms with Crippen LogP contribution >= 0.6 is 12.2 Å². The van der Waals surface area contributed by atoms with Crippen LogP contribution in [0.25, 0.3) is 0 Å². The maximum Gasteiger partial charge on any atom is 0.230 e. The van der Waals surface area contributed by atoms with Crippen molar-refractivity contribution < 1.29 is 13.9 Å². The predicted molar refractivity (Wildman–Crippen MR) is 83.6 cm³/mol. The highest BCUT2D eigenvalue weighted by atomic mass is 32.1. The average Bonchev–Trinajstić information content (AvgIpc) is 2.62. The van der Waals surface area contributed by atoms with Crippen LogP contribution in [0, 0.1) is 17.7 Å². The molecule has 1 heterocycles. The first kappa shape index (κ1) is 15.9. The first-order valence-electron chi connectivity index (χ1n) is 6.87. The van der Waals surface area contributed by atoms with E-state index in [1.54, 1.807) is 6.07 Å². The molecule has 1 aromatic carbocycles. The van der Waals surface area contributed by atoms with Crippen LogP contribution in [0.15, 0.2) is 18.2 Å². The molecule has 6 heteroatoms. The lowest BCUT2D eigenvalue weighted by Crippen LogP contribution is -2.32. The van der Waals surface area contributed by atoms with Gasteiger partial charge in [0.05, 0.1) is 29.4 Å². The second-order valence-corrected chi connectivity index (χ2v) is 5.89.